The van der Waals surface area contributed by atoms with Gasteiger partial charge in [-0.05, 0) is 25.9 Å². The highest BCUT2D eigenvalue weighted by atomic mass is 14.9. The first-order valence-electron chi connectivity index (χ1n) is 4.18. The van der Waals surface area contributed by atoms with Crippen LogP contribution in [0.3, 0.4) is 0 Å². The van der Waals surface area contributed by atoms with Gasteiger partial charge in [-0.15, -0.1) is 0 Å². The van der Waals surface area contributed by atoms with E-state index >= 15 is 0 Å². The molecule has 0 aromatic heterocycles. The molecule has 0 heterocycles. The molecule has 0 aliphatic carbocycles. The molecule has 0 aromatic rings. The van der Waals surface area contributed by atoms with Gasteiger partial charge in [-0.1, -0.05) is 0 Å². The molecule has 0 rings (SSSR count). The van der Waals surface area contributed by atoms with E-state index in [1.54, 1.807) is 0 Å². The molecule has 0 unspecified atom stereocenters. The molecule has 0 aliphatic heterocycles. The molecule has 0 aromatic carbocycles. The Morgan fingerprint density at radius 1 is 0.909 bits per heavy atom. The Kier molecular flexibility index (Phi) is 7.83. The number of rotatable bonds is 7. The third kappa shape index (κ3) is 6.25. The maximum atomic E-state index is 5.42. The first-order valence-corrected chi connectivity index (χ1v) is 4.18. The highest BCUT2D eigenvalue weighted by molar-refractivity contribution is 4.67. The summed E-state index contributed by atoms with van der Waals surface area (Å²) in [4.78, 5) is 0. The maximum absolute atomic E-state index is 5.42. The zero-order valence-electron chi connectivity index (χ0n) is 7.05. The lowest BCUT2D eigenvalue weighted by atomic mass is 10.1. The van der Waals surface area contributed by atoms with Gasteiger partial charge in [0, 0.05) is 19.1 Å². The fourth-order valence-electron chi connectivity index (χ4n) is 1.04. The van der Waals surface area contributed by atoms with Crippen molar-refractivity contribution in [2.24, 2.45) is 17.2 Å². The Morgan fingerprint density at radius 3 is 1.82 bits per heavy atom. The Hall–Kier alpha value is -0.160. The van der Waals surface area contributed by atoms with Crippen LogP contribution in [0.1, 0.15) is 12.8 Å². The van der Waals surface area contributed by atoms with Crippen molar-refractivity contribution in [1.29, 1.82) is 0 Å². The monoisotopic (exact) mass is 160 g/mol. The summed E-state index contributed by atoms with van der Waals surface area (Å²) in [6.07, 6.45) is 1.97. The van der Waals surface area contributed by atoms with Crippen LogP contribution in [0.2, 0.25) is 0 Å². The van der Waals surface area contributed by atoms with Gasteiger partial charge >= 0.3 is 0 Å². The van der Waals surface area contributed by atoms with Crippen LogP contribution in [0.15, 0.2) is 0 Å². The summed E-state index contributed by atoms with van der Waals surface area (Å²) < 4.78 is 0. The molecule has 0 atom stereocenters. The first-order chi connectivity index (χ1) is 5.35. The lowest BCUT2D eigenvalue weighted by molar-refractivity contribution is 0.468. The minimum Gasteiger partial charge on any atom is -0.330 e. The first kappa shape index (κ1) is 10.8. The number of nitrogens with one attached hydrogen (secondary N) is 1. The van der Waals surface area contributed by atoms with Crippen molar-refractivity contribution in [3.05, 3.63) is 0 Å². The van der Waals surface area contributed by atoms with Gasteiger partial charge in [-0.3, -0.25) is 0 Å². The van der Waals surface area contributed by atoms with Gasteiger partial charge in [0.25, 0.3) is 0 Å². The fraction of sp³-hybridized carbons (Fsp3) is 1.00. The normalized spacial score (nSPS) is 10.9. The number of nitrogens with two attached hydrogens (primary N) is 3. The lowest BCUT2D eigenvalue weighted by Gasteiger charge is -2.15. The van der Waals surface area contributed by atoms with E-state index in [2.05, 4.69) is 5.32 Å². The molecule has 68 valence electrons. The van der Waals surface area contributed by atoms with Gasteiger partial charge in [0.15, 0.2) is 0 Å². The van der Waals surface area contributed by atoms with Crippen LogP contribution >= 0.6 is 0 Å². The van der Waals surface area contributed by atoms with Crippen LogP contribution < -0.4 is 22.5 Å². The minimum atomic E-state index is 0.452. The molecule has 0 aliphatic rings. The van der Waals surface area contributed by atoms with E-state index in [1.165, 1.54) is 0 Å². The van der Waals surface area contributed by atoms with Gasteiger partial charge in [-0.25, -0.2) is 0 Å². The molecule has 0 fully saturated rings. The van der Waals surface area contributed by atoms with Crippen molar-refractivity contribution in [3.63, 3.8) is 0 Å². The van der Waals surface area contributed by atoms with E-state index in [-0.39, 0.29) is 0 Å². The topological polar surface area (TPSA) is 90.1 Å². The molecule has 0 saturated carbocycles. The Labute approximate surface area is 68.5 Å². The van der Waals surface area contributed by atoms with Gasteiger partial charge in [-0.2, -0.15) is 0 Å². The molecule has 0 bridgehead atoms. The summed E-state index contributed by atoms with van der Waals surface area (Å²) >= 11 is 0. The third-order valence-electron chi connectivity index (χ3n) is 1.61. The second-order valence-corrected chi connectivity index (χ2v) is 2.59. The summed E-state index contributed by atoms with van der Waals surface area (Å²) in [5, 5.41) is 3.29. The third-order valence-corrected chi connectivity index (χ3v) is 1.61. The quantitative estimate of drug-likeness (QED) is 0.369. The van der Waals surface area contributed by atoms with Crippen LogP contribution in [0.4, 0.5) is 0 Å². The van der Waals surface area contributed by atoms with Crippen molar-refractivity contribution in [2.45, 2.75) is 18.9 Å². The second-order valence-electron chi connectivity index (χ2n) is 2.59. The predicted octanol–water partition coefficient (Wildman–Crippen LogP) is -1.40. The van der Waals surface area contributed by atoms with Crippen LogP contribution in [0.5, 0.6) is 0 Å². The average molecular weight is 160 g/mol. The Bertz CT molecular complexity index is 70.8. The van der Waals surface area contributed by atoms with Crippen LogP contribution in [0, 0.1) is 0 Å². The van der Waals surface area contributed by atoms with E-state index in [9.17, 15) is 0 Å². The molecule has 4 heteroatoms. The minimum absolute atomic E-state index is 0.452. The molecule has 0 radical (unpaired) electrons. The van der Waals surface area contributed by atoms with E-state index in [1.807, 2.05) is 0 Å². The van der Waals surface area contributed by atoms with Gasteiger partial charge in [0.1, 0.15) is 0 Å². The van der Waals surface area contributed by atoms with Gasteiger partial charge in [0.05, 0.1) is 0 Å². The SMILES string of the molecule is NCCNC(CCN)CCN. The molecular weight excluding hydrogens is 140 g/mol. The summed E-state index contributed by atoms with van der Waals surface area (Å²) in [5.41, 5.74) is 16.2. The van der Waals surface area contributed by atoms with Crippen LogP contribution in [-0.2, 0) is 0 Å². The van der Waals surface area contributed by atoms with Gasteiger partial charge < -0.3 is 22.5 Å². The summed E-state index contributed by atoms with van der Waals surface area (Å²) in [7, 11) is 0. The van der Waals surface area contributed by atoms with Crippen LogP contribution in [-0.4, -0.2) is 32.2 Å². The van der Waals surface area contributed by atoms with Crippen LogP contribution in [0.25, 0.3) is 0 Å². The van der Waals surface area contributed by atoms with Gasteiger partial charge in [0.2, 0.25) is 0 Å². The Balaban J connectivity index is 3.34. The molecule has 0 amide bonds. The lowest BCUT2D eigenvalue weighted by Crippen LogP contribution is -2.36. The van der Waals surface area contributed by atoms with Crippen molar-refractivity contribution < 1.29 is 0 Å². The fourth-order valence-corrected chi connectivity index (χ4v) is 1.04. The summed E-state index contributed by atoms with van der Waals surface area (Å²) in [6.45, 7) is 2.95. The summed E-state index contributed by atoms with van der Waals surface area (Å²) in [5.74, 6) is 0. The van der Waals surface area contributed by atoms with E-state index in [0.717, 1.165) is 19.4 Å². The molecule has 11 heavy (non-hydrogen) atoms. The van der Waals surface area contributed by atoms with Crippen molar-refractivity contribution in [3.8, 4) is 0 Å². The van der Waals surface area contributed by atoms with E-state index < -0.39 is 0 Å². The molecule has 4 nitrogen and oxygen atoms in total. The second kappa shape index (κ2) is 7.94. The highest BCUT2D eigenvalue weighted by Gasteiger charge is 2.03. The van der Waals surface area contributed by atoms with E-state index in [4.69, 9.17) is 17.2 Å². The largest absolute Gasteiger partial charge is 0.330 e. The zero-order chi connectivity index (χ0) is 8.53. The number of hydrogen-bond acceptors (Lipinski definition) is 4. The number of hydrogen-bond donors (Lipinski definition) is 4. The smallest absolute Gasteiger partial charge is 0.00916 e. The van der Waals surface area contributed by atoms with Crippen molar-refractivity contribution in [1.82, 2.24) is 5.32 Å². The zero-order valence-corrected chi connectivity index (χ0v) is 7.05. The standard InChI is InChI=1S/C7H20N4/c8-3-1-7(2-4-9)11-6-5-10/h7,11H,1-6,8-10H2. The Morgan fingerprint density at radius 2 is 1.45 bits per heavy atom. The van der Waals surface area contributed by atoms with Crippen molar-refractivity contribution >= 4 is 0 Å². The average Bonchev–Trinajstić information content (AvgIpc) is 2.01. The maximum Gasteiger partial charge on any atom is 0.00916 e. The van der Waals surface area contributed by atoms with E-state index in [0.29, 0.717) is 25.7 Å². The summed E-state index contributed by atoms with van der Waals surface area (Å²) in [6, 6.07) is 0.452. The molecule has 0 spiro atoms. The molecule has 7 N–H and O–H groups in total. The molecule has 0 saturated heterocycles. The predicted molar refractivity (Wildman–Crippen MR) is 48.2 cm³/mol. The molecular formula is C7H20N4. The van der Waals surface area contributed by atoms with Crippen molar-refractivity contribution in [2.75, 3.05) is 26.2 Å². The highest BCUT2D eigenvalue weighted by Crippen LogP contribution is 1.93.